The SMILES string of the molecule is Cl.Cl.c1ccc(Cc2ccccc2)cc1. The highest BCUT2D eigenvalue weighted by Crippen LogP contribution is 2.07. The summed E-state index contributed by atoms with van der Waals surface area (Å²) in [7, 11) is 0. The quantitative estimate of drug-likeness (QED) is 0.741. The smallest absolute Gasteiger partial charge is 0.00258 e. The van der Waals surface area contributed by atoms with Gasteiger partial charge in [-0.1, -0.05) is 60.7 Å². The molecular formula is C13H14Cl2. The molecule has 0 aliphatic rings. The van der Waals surface area contributed by atoms with Gasteiger partial charge in [0.2, 0.25) is 0 Å². The summed E-state index contributed by atoms with van der Waals surface area (Å²) < 4.78 is 0. The van der Waals surface area contributed by atoms with Gasteiger partial charge in [0.05, 0.1) is 0 Å². The van der Waals surface area contributed by atoms with Crippen LogP contribution in [0, 0.1) is 0 Å². The van der Waals surface area contributed by atoms with Crippen LogP contribution in [0.25, 0.3) is 0 Å². The van der Waals surface area contributed by atoms with Crippen LogP contribution in [0.15, 0.2) is 60.7 Å². The Hall–Kier alpha value is -0.980. The van der Waals surface area contributed by atoms with Gasteiger partial charge in [-0.15, -0.1) is 24.8 Å². The molecule has 0 saturated heterocycles. The molecule has 0 fully saturated rings. The van der Waals surface area contributed by atoms with Crippen LogP contribution in [-0.2, 0) is 6.42 Å². The van der Waals surface area contributed by atoms with Gasteiger partial charge in [0.1, 0.15) is 0 Å². The van der Waals surface area contributed by atoms with Crippen molar-refractivity contribution in [2.75, 3.05) is 0 Å². The van der Waals surface area contributed by atoms with Crippen molar-refractivity contribution in [3.63, 3.8) is 0 Å². The van der Waals surface area contributed by atoms with Crippen LogP contribution in [0.2, 0.25) is 0 Å². The summed E-state index contributed by atoms with van der Waals surface area (Å²) in [6, 6.07) is 21.1. The first-order chi connectivity index (χ1) is 6.45. The van der Waals surface area contributed by atoms with Crippen LogP contribution >= 0.6 is 24.8 Å². The van der Waals surface area contributed by atoms with Gasteiger partial charge in [0.25, 0.3) is 0 Å². The normalized spacial score (nSPS) is 8.53. The van der Waals surface area contributed by atoms with E-state index in [0.717, 1.165) is 6.42 Å². The van der Waals surface area contributed by atoms with Gasteiger partial charge in [-0.05, 0) is 17.5 Å². The molecule has 80 valence electrons. The molecule has 0 spiro atoms. The minimum atomic E-state index is 0. The molecule has 0 heterocycles. The maximum Gasteiger partial charge on any atom is -0.00258 e. The van der Waals surface area contributed by atoms with Crippen molar-refractivity contribution >= 4 is 24.8 Å². The lowest BCUT2D eigenvalue weighted by molar-refractivity contribution is 1.19. The largest absolute Gasteiger partial charge is 0.147 e. The van der Waals surface area contributed by atoms with E-state index >= 15 is 0 Å². The van der Waals surface area contributed by atoms with Gasteiger partial charge in [0, 0.05) is 0 Å². The van der Waals surface area contributed by atoms with E-state index in [0.29, 0.717) is 0 Å². The average Bonchev–Trinajstić information content (AvgIpc) is 2.21. The Labute approximate surface area is 103 Å². The standard InChI is InChI=1S/C13H12.2ClH/c1-3-7-12(8-4-1)11-13-9-5-2-6-10-13;;/h1-10H,11H2;2*1H. The Kier molecular flexibility index (Phi) is 6.85. The Bertz CT molecular complexity index is 319. The van der Waals surface area contributed by atoms with Crippen molar-refractivity contribution < 1.29 is 0 Å². The van der Waals surface area contributed by atoms with E-state index in [1.54, 1.807) is 0 Å². The first-order valence-electron chi connectivity index (χ1n) is 4.53. The zero-order valence-corrected chi connectivity index (χ0v) is 9.93. The van der Waals surface area contributed by atoms with Crippen LogP contribution < -0.4 is 0 Å². The second kappa shape index (κ2) is 7.33. The number of hydrogen-bond acceptors (Lipinski definition) is 0. The van der Waals surface area contributed by atoms with Crippen LogP contribution in [-0.4, -0.2) is 0 Å². The molecule has 2 aromatic carbocycles. The molecule has 0 N–H and O–H groups in total. The van der Waals surface area contributed by atoms with E-state index in [1.807, 2.05) is 0 Å². The Balaban J connectivity index is 0.000000980. The molecule has 15 heavy (non-hydrogen) atoms. The van der Waals surface area contributed by atoms with E-state index in [-0.39, 0.29) is 24.8 Å². The Morgan fingerprint density at radius 1 is 0.533 bits per heavy atom. The number of rotatable bonds is 2. The number of hydrogen-bond donors (Lipinski definition) is 0. The molecule has 0 unspecified atom stereocenters. The number of benzene rings is 2. The summed E-state index contributed by atoms with van der Waals surface area (Å²) in [5.74, 6) is 0. The van der Waals surface area contributed by atoms with Crippen LogP contribution in [0.3, 0.4) is 0 Å². The summed E-state index contributed by atoms with van der Waals surface area (Å²) in [6.07, 6.45) is 1.03. The maximum atomic E-state index is 2.16. The fourth-order valence-corrected chi connectivity index (χ4v) is 1.43. The summed E-state index contributed by atoms with van der Waals surface area (Å²) in [5, 5.41) is 0. The van der Waals surface area contributed by atoms with Crippen molar-refractivity contribution in [3.05, 3.63) is 71.8 Å². The molecular weight excluding hydrogens is 227 g/mol. The molecule has 0 atom stereocenters. The van der Waals surface area contributed by atoms with Crippen LogP contribution in [0.4, 0.5) is 0 Å². The summed E-state index contributed by atoms with van der Waals surface area (Å²) in [6.45, 7) is 0. The lowest BCUT2D eigenvalue weighted by atomic mass is 10.1. The third-order valence-electron chi connectivity index (χ3n) is 2.09. The fraction of sp³-hybridized carbons (Fsp3) is 0.0769. The minimum absolute atomic E-state index is 0. The molecule has 0 aliphatic carbocycles. The fourth-order valence-electron chi connectivity index (χ4n) is 1.43. The summed E-state index contributed by atoms with van der Waals surface area (Å²) >= 11 is 0. The highest BCUT2D eigenvalue weighted by atomic mass is 35.5. The van der Waals surface area contributed by atoms with Gasteiger partial charge < -0.3 is 0 Å². The van der Waals surface area contributed by atoms with E-state index < -0.39 is 0 Å². The molecule has 0 radical (unpaired) electrons. The van der Waals surface area contributed by atoms with Crippen molar-refractivity contribution in [2.24, 2.45) is 0 Å². The lowest BCUT2D eigenvalue weighted by Gasteiger charge is -2.00. The lowest BCUT2D eigenvalue weighted by Crippen LogP contribution is -1.85. The first-order valence-corrected chi connectivity index (χ1v) is 4.53. The molecule has 2 aromatic rings. The van der Waals surface area contributed by atoms with Crippen molar-refractivity contribution in [3.8, 4) is 0 Å². The molecule has 0 aliphatic heterocycles. The molecule has 0 bridgehead atoms. The summed E-state index contributed by atoms with van der Waals surface area (Å²) in [5.41, 5.74) is 2.74. The van der Waals surface area contributed by atoms with Gasteiger partial charge in [-0.2, -0.15) is 0 Å². The molecule has 0 nitrogen and oxygen atoms in total. The van der Waals surface area contributed by atoms with Gasteiger partial charge in [-0.25, -0.2) is 0 Å². The predicted molar refractivity (Wildman–Crippen MR) is 70.2 cm³/mol. The van der Waals surface area contributed by atoms with Gasteiger partial charge in [-0.3, -0.25) is 0 Å². The molecule has 2 heteroatoms. The topological polar surface area (TPSA) is 0 Å². The van der Waals surface area contributed by atoms with E-state index in [9.17, 15) is 0 Å². The molecule has 0 aromatic heterocycles. The molecule has 0 saturated carbocycles. The minimum Gasteiger partial charge on any atom is -0.147 e. The Morgan fingerprint density at radius 2 is 0.867 bits per heavy atom. The van der Waals surface area contributed by atoms with E-state index in [2.05, 4.69) is 60.7 Å². The van der Waals surface area contributed by atoms with Crippen molar-refractivity contribution in [1.82, 2.24) is 0 Å². The number of halogens is 2. The van der Waals surface area contributed by atoms with Crippen molar-refractivity contribution in [2.45, 2.75) is 6.42 Å². The van der Waals surface area contributed by atoms with E-state index in [4.69, 9.17) is 0 Å². The van der Waals surface area contributed by atoms with Crippen LogP contribution in [0.5, 0.6) is 0 Å². The zero-order valence-electron chi connectivity index (χ0n) is 8.30. The average molecular weight is 241 g/mol. The second-order valence-electron chi connectivity index (χ2n) is 3.15. The van der Waals surface area contributed by atoms with Gasteiger partial charge >= 0.3 is 0 Å². The third-order valence-corrected chi connectivity index (χ3v) is 2.09. The first kappa shape index (κ1) is 14.0. The second-order valence-corrected chi connectivity index (χ2v) is 3.15. The highest BCUT2D eigenvalue weighted by Gasteiger charge is 1.92. The summed E-state index contributed by atoms with van der Waals surface area (Å²) in [4.78, 5) is 0. The van der Waals surface area contributed by atoms with E-state index in [1.165, 1.54) is 11.1 Å². The zero-order chi connectivity index (χ0) is 8.93. The highest BCUT2D eigenvalue weighted by molar-refractivity contribution is 5.85. The van der Waals surface area contributed by atoms with Gasteiger partial charge in [0.15, 0.2) is 0 Å². The molecule has 2 rings (SSSR count). The maximum absolute atomic E-state index is 2.16. The van der Waals surface area contributed by atoms with Crippen molar-refractivity contribution in [1.29, 1.82) is 0 Å². The third kappa shape index (κ3) is 4.37. The van der Waals surface area contributed by atoms with Crippen LogP contribution in [0.1, 0.15) is 11.1 Å². The Morgan fingerprint density at radius 3 is 1.20 bits per heavy atom. The molecule has 0 amide bonds. The predicted octanol–water partition coefficient (Wildman–Crippen LogP) is 4.12. The monoisotopic (exact) mass is 240 g/mol.